The summed E-state index contributed by atoms with van der Waals surface area (Å²) >= 11 is 0. The Morgan fingerprint density at radius 3 is 2.67 bits per heavy atom. The van der Waals surface area contributed by atoms with Crippen LogP contribution in [0.3, 0.4) is 0 Å². The maximum atomic E-state index is 12.4. The molecule has 0 spiro atoms. The molecule has 1 aromatic carbocycles. The van der Waals surface area contributed by atoms with Crippen LogP contribution >= 0.6 is 0 Å². The van der Waals surface area contributed by atoms with Crippen molar-refractivity contribution in [1.29, 1.82) is 0 Å². The van der Waals surface area contributed by atoms with Crippen molar-refractivity contribution in [2.45, 2.75) is 56.7 Å². The van der Waals surface area contributed by atoms with Crippen molar-refractivity contribution in [3.05, 3.63) is 35.9 Å². The monoisotopic (exact) mass is 290 g/mol. The van der Waals surface area contributed by atoms with Crippen molar-refractivity contribution in [2.24, 2.45) is 5.73 Å². The molecule has 1 aliphatic rings. The van der Waals surface area contributed by atoms with Crippen LogP contribution in [0.2, 0.25) is 0 Å². The van der Waals surface area contributed by atoms with Crippen LogP contribution in [0.15, 0.2) is 30.3 Å². The molecule has 0 saturated heterocycles. The first-order valence-electron chi connectivity index (χ1n) is 7.84. The molecule has 0 aromatic heterocycles. The number of hydrogen-bond donors (Lipinski definition) is 2. The number of aliphatic hydroxyl groups is 1. The lowest BCUT2D eigenvalue weighted by Crippen LogP contribution is -2.51. The van der Waals surface area contributed by atoms with E-state index in [0.717, 1.165) is 32.1 Å². The number of nitrogens with two attached hydrogens (primary N) is 1. The van der Waals surface area contributed by atoms with Crippen LogP contribution < -0.4 is 5.73 Å². The van der Waals surface area contributed by atoms with Gasteiger partial charge in [0.15, 0.2) is 0 Å². The Morgan fingerprint density at radius 2 is 2.00 bits per heavy atom. The molecule has 1 fully saturated rings. The number of benzene rings is 1. The summed E-state index contributed by atoms with van der Waals surface area (Å²) in [6.45, 7) is 0. The Labute approximate surface area is 126 Å². The zero-order valence-electron chi connectivity index (χ0n) is 12.7. The van der Waals surface area contributed by atoms with Crippen molar-refractivity contribution < 1.29 is 9.90 Å². The van der Waals surface area contributed by atoms with Gasteiger partial charge in [-0.15, -0.1) is 0 Å². The summed E-state index contributed by atoms with van der Waals surface area (Å²) in [7, 11) is 1.77. The van der Waals surface area contributed by atoms with E-state index in [1.807, 2.05) is 30.3 Å². The van der Waals surface area contributed by atoms with Crippen LogP contribution in [0, 0.1) is 0 Å². The van der Waals surface area contributed by atoms with Gasteiger partial charge in [-0.25, -0.2) is 0 Å². The average Bonchev–Trinajstić information content (AvgIpc) is 2.52. The van der Waals surface area contributed by atoms with Gasteiger partial charge in [-0.3, -0.25) is 4.79 Å². The minimum absolute atomic E-state index is 0.0584. The van der Waals surface area contributed by atoms with E-state index in [4.69, 9.17) is 5.73 Å². The first kappa shape index (κ1) is 16.0. The van der Waals surface area contributed by atoms with Crippen LogP contribution in [0.1, 0.15) is 37.7 Å². The average molecular weight is 290 g/mol. The van der Waals surface area contributed by atoms with Crippen molar-refractivity contribution in [2.75, 3.05) is 7.05 Å². The second-order valence-corrected chi connectivity index (χ2v) is 6.00. The molecule has 2 rings (SSSR count). The zero-order valence-corrected chi connectivity index (χ0v) is 12.7. The van der Waals surface area contributed by atoms with Crippen molar-refractivity contribution in [1.82, 2.24) is 4.90 Å². The lowest BCUT2D eigenvalue weighted by molar-refractivity contribution is -0.136. The molecule has 1 amide bonds. The molecule has 3 atom stereocenters. The van der Waals surface area contributed by atoms with E-state index in [1.54, 1.807) is 11.9 Å². The highest BCUT2D eigenvalue weighted by atomic mass is 16.3. The molecule has 4 heteroatoms. The lowest BCUT2D eigenvalue weighted by Gasteiger charge is -2.36. The third-order valence-electron chi connectivity index (χ3n) is 4.44. The lowest BCUT2D eigenvalue weighted by atomic mass is 9.91. The molecule has 3 N–H and O–H groups in total. The second-order valence-electron chi connectivity index (χ2n) is 6.00. The van der Waals surface area contributed by atoms with Gasteiger partial charge in [0.25, 0.3) is 0 Å². The van der Waals surface area contributed by atoms with Gasteiger partial charge < -0.3 is 15.7 Å². The van der Waals surface area contributed by atoms with Gasteiger partial charge in [-0.1, -0.05) is 43.2 Å². The van der Waals surface area contributed by atoms with Gasteiger partial charge in [0, 0.05) is 7.05 Å². The summed E-state index contributed by atoms with van der Waals surface area (Å²) in [5.41, 5.74) is 7.24. The van der Waals surface area contributed by atoms with Gasteiger partial charge in [0.05, 0.1) is 18.2 Å². The minimum atomic E-state index is -0.496. The van der Waals surface area contributed by atoms with E-state index in [0.29, 0.717) is 6.42 Å². The van der Waals surface area contributed by atoms with E-state index in [1.165, 1.54) is 5.56 Å². The molecule has 116 valence electrons. The van der Waals surface area contributed by atoms with E-state index < -0.39 is 12.1 Å². The number of hydrogen-bond acceptors (Lipinski definition) is 3. The number of aryl methyl sites for hydroxylation is 1. The van der Waals surface area contributed by atoms with E-state index in [9.17, 15) is 9.90 Å². The Balaban J connectivity index is 1.86. The van der Waals surface area contributed by atoms with Crippen molar-refractivity contribution in [3.63, 3.8) is 0 Å². The van der Waals surface area contributed by atoms with Gasteiger partial charge in [0.2, 0.25) is 5.91 Å². The maximum absolute atomic E-state index is 12.4. The molecule has 1 aliphatic carbocycles. The number of rotatable bonds is 5. The number of likely N-dealkylation sites (N-methyl/N-ethyl adjacent to an activating group) is 1. The van der Waals surface area contributed by atoms with Crippen LogP contribution in [0.5, 0.6) is 0 Å². The predicted octanol–water partition coefficient (Wildman–Crippen LogP) is 1.71. The highest BCUT2D eigenvalue weighted by molar-refractivity contribution is 5.81. The summed E-state index contributed by atoms with van der Waals surface area (Å²) in [5.74, 6) is -0.0584. The summed E-state index contributed by atoms with van der Waals surface area (Å²) in [4.78, 5) is 14.1. The largest absolute Gasteiger partial charge is 0.391 e. The molecule has 0 heterocycles. The Hall–Kier alpha value is -1.39. The smallest absolute Gasteiger partial charge is 0.239 e. The summed E-state index contributed by atoms with van der Waals surface area (Å²) in [5, 5.41) is 10.0. The maximum Gasteiger partial charge on any atom is 0.239 e. The highest BCUT2D eigenvalue weighted by Crippen LogP contribution is 2.23. The Morgan fingerprint density at radius 1 is 1.33 bits per heavy atom. The fraction of sp³-hybridized carbons (Fsp3) is 0.588. The zero-order chi connectivity index (χ0) is 15.2. The predicted molar refractivity (Wildman–Crippen MR) is 83.8 cm³/mol. The molecule has 0 aliphatic heterocycles. The fourth-order valence-electron chi connectivity index (χ4n) is 3.06. The van der Waals surface area contributed by atoms with Gasteiger partial charge in [-0.05, 0) is 31.2 Å². The second kappa shape index (κ2) is 7.57. The molecule has 1 aromatic rings. The topological polar surface area (TPSA) is 66.6 Å². The normalized spacial score (nSPS) is 23.6. The fourth-order valence-corrected chi connectivity index (χ4v) is 3.06. The number of amides is 1. The standard InChI is InChI=1S/C17H26N2O2/c1-19(15-9-5-6-10-16(15)20)17(21)14(18)12-11-13-7-3-2-4-8-13/h2-4,7-8,14-16,20H,5-6,9-12,18H2,1H3. The van der Waals surface area contributed by atoms with E-state index in [2.05, 4.69) is 0 Å². The van der Waals surface area contributed by atoms with Crippen LogP contribution in [0.4, 0.5) is 0 Å². The van der Waals surface area contributed by atoms with Crippen molar-refractivity contribution >= 4 is 5.91 Å². The van der Waals surface area contributed by atoms with Crippen molar-refractivity contribution in [3.8, 4) is 0 Å². The molecule has 4 nitrogen and oxygen atoms in total. The minimum Gasteiger partial charge on any atom is -0.391 e. The Kier molecular flexibility index (Phi) is 5.76. The number of aliphatic hydroxyl groups excluding tert-OH is 1. The summed E-state index contributed by atoms with van der Waals surface area (Å²) in [6, 6.07) is 9.49. The molecule has 1 saturated carbocycles. The van der Waals surface area contributed by atoms with Gasteiger partial charge >= 0.3 is 0 Å². The third kappa shape index (κ3) is 4.29. The summed E-state index contributed by atoms with van der Waals surface area (Å²) < 4.78 is 0. The van der Waals surface area contributed by atoms with Gasteiger partial charge in [0.1, 0.15) is 0 Å². The van der Waals surface area contributed by atoms with Gasteiger partial charge in [-0.2, -0.15) is 0 Å². The Bertz CT molecular complexity index is 449. The highest BCUT2D eigenvalue weighted by Gasteiger charge is 2.31. The van der Waals surface area contributed by atoms with E-state index in [-0.39, 0.29) is 11.9 Å². The molecule has 0 radical (unpaired) electrons. The molecule has 0 bridgehead atoms. The van der Waals surface area contributed by atoms with E-state index >= 15 is 0 Å². The summed E-state index contributed by atoms with van der Waals surface area (Å²) in [6.07, 6.45) is 4.79. The van der Waals surface area contributed by atoms with Crippen LogP contribution in [-0.2, 0) is 11.2 Å². The molecule has 3 unspecified atom stereocenters. The van der Waals surface area contributed by atoms with Crippen LogP contribution in [0.25, 0.3) is 0 Å². The molecular weight excluding hydrogens is 264 g/mol. The molecular formula is C17H26N2O2. The molecule has 21 heavy (non-hydrogen) atoms. The number of nitrogens with zero attached hydrogens (tertiary/aromatic N) is 1. The number of carbonyl (C=O) groups excluding carboxylic acids is 1. The SMILES string of the molecule is CN(C(=O)C(N)CCc1ccccc1)C1CCCCC1O. The number of carbonyl (C=O) groups is 1. The quantitative estimate of drug-likeness (QED) is 0.867. The third-order valence-corrected chi connectivity index (χ3v) is 4.44. The first-order chi connectivity index (χ1) is 10.1. The first-order valence-corrected chi connectivity index (χ1v) is 7.84. The van der Waals surface area contributed by atoms with Crippen LogP contribution in [-0.4, -0.2) is 41.1 Å².